The van der Waals surface area contributed by atoms with Gasteiger partial charge in [0.1, 0.15) is 12.2 Å². The highest BCUT2D eigenvalue weighted by atomic mass is 28.4. The maximum Gasteiger partial charge on any atom is 0.338 e. The molecule has 0 N–H and O–H groups in total. The van der Waals surface area contributed by atoms with E-state index in [4.69, 9.17) is 28.1 Å². The Bertz CT molecular complexity index is 1080. The molecule has 0 saturated carbocycles. The Labute approximate surface area is 233 Å². The summed E-state index contributed by atoms with van der Waals surface area (Å²) in [7, 11) is -0.684. The first kappa shape index (κ1) is 31.0. The Kier molecular flexibility index (Phi) is 10.1. The number of rotatable bonds is 11. The number of hydrogen-bond acceptors (Lipinski definition) is 8. The van der Waals surface area contributed by atoms with Crippen LogP contribution in [0.2, 0.25) is 18.1 Å². The van der Waals surface area contributed by atoms with E-state index in [9.17, 15) is 9.59 Å². The van der Waals surface area contributed by atoms with Crippen molar-refractivity contribution < 1.29 is 37.7 Å². The summed E-state index contributed by atoms with van der Waals surface area (Å²) in [5, 5.41) is -0.0646. The van der Waals surface area contributed by atoms with Gasteiger partial charge in [-0.05, 0) is 56.2 Å². The average Bonchev–Trinajstić information content (AvgIpc) is 3.27. The van der Waals surface area contributed by atoms with Crippen LogP contribution >= 0.6 is 0 Å². The number of methoxy groups -OCH3 is 1. The molecule has 9 heteroatoms. The second kappa shape index (κ2) is 12.7. The summed E-state index contributed by atoms with van der Waals surface area (Å²) in [6, 6.07) is 17.5. The molecule has 0 aliphatic carbocycles. The molecule has 2 aromatic carbocycles. The molecule has 8 nitrogen and oxygen atoms in total. The summed E-state index contributed by atoms with van der Waals surface area (Å²) in [5.41, 5.74) is 0.812. The van der Waals surface area contributed by atoms with Crippen LogP contribution in [0.3, 0.4) is 0 Å². The fraction of sp³-hybridized carbons (Fsp3) is 0.533. The Morgan fingerprint density at radius 2 is 1.46 bits per heavy atom. The topological polar surface area (TPSA) is 89.5 Å². The molecule has 1 aliphatic heterocycles. The highest BCUT2D eigenvalue weighted by molar-refractivity contribution is 6.74. The van der Waals surface area contributed by atoms with Crippen LogP contribution in [0.1, 0.15) is 61.8 Å². The van der Waals surface area contributed by atoms with Crippen LogP contribution in [0.25, 0.3) is 0 Å². The molecule has 0 bridgehead atoms. The van der Waals surface area contributed by atoms with Crippen LogP contribution in [0.15, 0.2) is 60.7 Å². The van der Waals surface area contributed by atoms with Gasteiger partial charge in [0, 0.05) is 13.5 Å². The summed E-state index contributed by atoms with van der Waals surface area (Å²) in [5.74, 6) is -1.96. The van der Waals surface area contributed by atoms with Crippen molar-refractivity contribution in [3.8, 4) is 0 Å². The molecule has 1 saturated heterocycles. The monoisotopic (exact) mass is 558 g/mol. The van der Waals surface area contributed by atoms with Gasteiger partial charge in [0.15, 0.2) is 26.5 Å². The third-order valence-electron chi connectivity index (χ3n) is 7.32. The van der Waals surface area contributed by atoms with Gasteiger partial charge in [0.25, 0.3) is 0 Å². The Morgan fingerprint density at radius 3 is 1.97 bits per heavy atom. The standard InChI is InChI=1S/C30H42O8Si/c1-29(2,3)39(7,8)34-20-24(36-28(32)22-17-13-10-14-18-22)26-23(19-25(37-26)38-30(4,5)33-6)35-27(31)21-15-11-9-12-16-21/h9-18,23-26H,19-20H2,1-8H3/t23-,24?,25+,26-/m0/s1. The smallest absolute Gasteiger partial charge is 0.338 e. The van der Waals surface area contributed by atoms with E-state index < -0.39 is 50.6 Å². The number of carbonyl (C=O) groups is 2. The normalized spacial score (nSPS) is 20.9. The van der Waals surface area contributed by atoms with Crippen LogP contribution in [-0.2, 0) is 28.1 Å². The summed E-state index contributed by atoms with van der Waals surface area (Å²) < 4.78 is 36.1. The zero-order chi connectivity index (χ0) is 28.8. The van der Waals surface area contributed by atoms with Gasteiger partial charge >= 0.3 is 11.9 Å². The molecule has 3 rings (SSSR count). The van der Waals surface area contributed by atoms with E-state index in [0.29, 0.717) is 11.1 Å². The first-order valence-corrected chi connectivity index (χ1v) is 16.2. The highest BCUT2D eigenvalue weighted by Crippen LogP contribution is 2.38. The zero-order valence-electron chi connectivity index (χ0n) is 24.3. The Balaban J connectivity index is 1.90. The van der Waals surface area contributed by atoms with Crippen LogP contribution in [0.4, 0.5) is 0 Å². The Morgan fingerprint density at radius 1 is 0.923 bits per heavy atom. The quantitative estimate of drug-likeness (QED) is 0.189. The van der Waals surface area contributed by atoms with Gasteiger partial charge in [-0.2, -0.15) is 0 Å². The molecule has 1 unspecified atom stereocenters. The molecule has 4 atom stereocenters. The lowest BCUT2D eigenvalue weighted by Gasteiger charge is -2.38. The van der Waals surface area contributed by atoms with Gasteiger partial charge in [-0.1, -0.05) is 57.2 Å². The third-order valence-corrected chi connectivity index (χ3v) is 11.8. The first-order valence-electron chi connectivity index (χ1n) is 13.3. The molecule has 1 heterocycles. The number of esters is 2. The molecule has 214 valence electrons. The molecule has 39 heavy (non-hydrogen) atoms. The average molecular weight is 559 g/mol. The summed E-state index contributed by atoms with van der Waals surface area (Å²) >= 11 is 0. The summed E-state index contributed by atoms with van der Waals surface area (Å²) in [6.07, 6.45) is -2.97. The maximum atomic E-state index is 13.2. The molecule has 2 aromatic rings. The molecule has 1 aliphatic rings. The number of ether oxygens (including phenoxy) is 5. The van der Waals surface area contributed by atoms with Gasteiger partial charge in [-0.3, -0.25) is 0 Å². The predicted molar refractivity (Wildman–Crippen MR) is 150 cm³/mol. The number of benzene rings is 2. The van der Waals surface area contributed by atoms with E-state index in [1.807, 2.05) is 12.1 Å². The van der Waals surface area contributed by atoms with Crippen molar-refractivity contribution in [2.75, 3.05) is 13.7 Å². The first-order chi connectivity index (χ1) is 18.2. The summed E-state index contributed by atoms with van der Waals surface area (Å²) in [6.45, 7) is 14.3. The SMILES string of the molecule is COC(C)(C)O[C@@H]1C[C@H](OC(=O)c2ccccc2)[C@@H](C(CO[Si](C)(C)C(C)(C)C)OC(=O)c2ccccc2)O1. The fourth-order valence-corrected chi connectivity index (χ4v) is 4.80. The van der Waals surface area contributed by atoms with Crippen molar-refractivity contribution in [3.05, 3.63) is 71.8 Å². The van der Waals surface area contributed by atoms with Crippen molar-refractivity contribution in [2.45, 2.75) is 89.6 Å². The van der Waals surface area contributed by atoms with Crippen molar-refractivity contribution in [2.24, 2.45) is 0 Å². The van der Waals surface area contributed by atoms with Crippen molar-refractivity contribution in [1.29, 1.82) is 0 Å². The van der Waals surface area contributed by atoms with Crippen LogP contribution < -0.4 is 0 Å². The molecule has 0 spiro atoms. The summed E-state index contributed by atoms with van der Waals surface area (Å²) in [4.78, 5) is 26.2. The molecule has 0 radical (unpaired) electrons. The highest BCUT2D eigenvalue weighted by Gasteiger charge is 2.48. The van der Waals surface area contributed by atoms with E-state index in [2.05, 4.69) is 33.9 Å². The molecule has 1 fully saturated rings. The van der Waals surface area contributed by atoms with Gasteiger partial charge in [-0.25, -0.2) is 9.59 Å². The molecule has 0 aromatic heterocycles. The lowest BCUT2D eigenvalue weighted by Crippen LogP contribution is -2.48. The molecular formula is C30H42O8Si. The van der Waals surface area contributed by atoms with Crippen molar-refractivity contribution >= 4 is 20.3 Å². The second-order valence-corrected chi connectivity index (χ2v) is 16.5. The van der Waals surface area contributed by atoms with Crippen molar-refractivity contribution in [3.63, 3.8) is 0 Å². The van der Waals surface area contributed by atoms with E-state index in [0.717, 1.165) is 0 Å². The van der Waals surface area contributed by atoms with E-state index >= 15 is 0 Å². The van der Waals surface area contributed by atoms with E-state index in [-0.39, 0.29) is 18.1 Å². The minimum atomic E-state index is -2.22. The van der Waals surface area contributed by atoms with E-state index in [1.165, 1.54) is 7.11 Å². The van der Waals surface area contributed by atoms with Gasteiger partial charge in [-0.15, -0.1) is 0 Å². The third kappa shape index (κ3) is 8.46. The van der Waals surface area contributed by atoms with Gasteiger partial charge in [0.2, 0.25) is 0 Å². The van der Waals surface area contributed by atoms with Gasteiger partial charge < -0.3 is 28.1 Å². The Hall–Kier alpha value is -2.56. The maximum absolute atomic E-state index is 13.2. The largest absolute Gasteiger partial charge is 0.456 e. The van der Waals surface area contributed by atoms with Crippen LogP contribution in [0, 0.1) is 0 Å². The second-order valence-electron chi connectivity index (χ2n) is 11.7. The number of hydrogen-bond donors (Lipinski definition) is 0. The van der Waals surface area contributed by atoms with Crippen LogP contribution in [0.5, 0.6) is 0 Å². The minimum absolute atomic E-state index is 0.0646. The van der Waals surface area contributed by atoms with E-state index in [1.54, 1.807) is 62.4 Å². The van der Waals surface area contributed by atoms with Crippen molar-refractivity contribution in [1.82, 2.24) is 0 Å². The lowest BCUT2D eigenvalue weighted by atomic mass is 10.1. The van der Waals surface area contributed by atoms with Crippen LogP contribution in [-0.4, -0.2) is 64.4 Å². The predicted octanol–water partition coefficient (Wildman–Crippen LogP) is 5.97. The minimum Gasteiger partial charge on any atom is -0.456 e. The zero-order valence-corrected chi connectivity index (χ0v) is 25.3. The lowest BCUT2D eigenvalue weighted by molar-refractivity contribution is -0.284. The fourth-order valence-electron chi connectivity index (χ4n) is 3.79. The molecular weight excluding hydrogens is 516 g/mol. The molecule has 0 amide bonds. The number of carbonyl (C=O) groups excluding carboxylic acids is 2. The van der Waals surface area contributed by atoms with Gasteiger partial charge in [0.05, 0.1) is 17.7 Å².